The monoisotopic (exact) mass is 279 g/mol. The lowest BCUT2D eigenvalue weighted by Gasteiger charge is -2.20. The third-order valence-electron chi connectivity index (χ3n) is 3.10. The van der Waals surface area contributed by atoms with Crippen LogP contribution in [0.1, 0.15) is 33.1 Å². The molecule has 0 saturated heterocycles. The maximum atomic E-state index is 5.35. The van der Waals surface area contributed by atoms with E-state index >= 15 is 0 Å². The quantitative estimate of drug-likeness (QED) is 0.844. The van der Waals surface area contributed by atoms with Crippen molar-refractivity contribution in [1.82, 2.24) is 15.5 Å². The van der Waals surface area contributed by atoms with E-state index in [1.807, 2.05) is 16.8 Å². The summed E-state index contributed by atoms with van der Waals surface area (Å²) in [5.74, 6) is 1.95. The lowest BCUT2D eigenvalue weighted by molar-refractivity contribution is 0.326. The molecule has 0 aromatic carbocycles. The number of hydrogen-bond donors (Lipinski definition) is 1. The van der Waals surface area contributed by atoms with Crippen LogP contribution in [0, 0.1) is 5.92 Å². The average molecular weight is 279 g/mol. The van der Waals surface area contributed by atoms with Crippen LogP contribution in [0.3, 0.4) is 0 Å². The van der Waals surface area contributed by atoms with Gasteiger partial charge >= 0.3 is 0 Å². The minimum Gasteiger partial charge on any atom is -0.339 e. The lowest BCUT2D eigenvalue weighted by atomic mass is 10.0. The third kappa shape index (κ3) is 3.88. The Balaban J connectivity index is 2.01. The minimum absolute atomic E-state index is 0.385. The smallest absolute Gasteiger partial charge is 0.228 e. The molecule has 1 atom stereocenters. The molecule has 0 bridgehead atoms. The van der Waals surface area contributed by atoms with Crippen molar-refractivity contribution in [2.24, 2.45) is 5.92 Å². The van der Waals surface area contributed by atoms with Crippen LogP contribution in [0.5, 0.6) is 0 Å². The highest BCUT2D eigenvalue weighted by Gasteiger charge is 2.17. The van der Waals surface area contributed by atoms with E-state index in [4.69, 9.17) is 4.52 Å². The Bertz CT molecular complexity index is 479. The van der Waals surface area contributed by atoms with E-state index in [9.17, 15) is 0 Å². The Hall–Kier alpha value is -1.20. The van der Waals surface area contributed by atoms with Gasteiger partial charge in [0.1, 0.15) is 0 Å². The molecule has 2 aromatic rings. The van der Waals surface area contributed by atoms with Crippen molar-refractivity contribution in [3.8, 4) is 11.4 Å². The highest BCUT2D eigenvalue weighted by molar-refractivity contribution is 7.08. The van der Waals surface area contributed by atoms with Gasteiger partial charge in [0.05, 0.1) is 0 Å². The van der Waals surface area contributed by atoms with Gasteiger partial charge in [-0.15, -0.1) is 0 Å². The van der Waals surface area contributed by atoms with Crippen molar-refractivity contribution < 1.29 is 4.52 Å². The van der Waals surface area contributed by atoms with Gasteiger partial charge in [0, 0.05) is 23.4 Å². The molecule has 2 rings (SSSR count). The SMILES string of the molecule is CCCNC(Cc1nc(-c2ccsc2)no1)C(C)C. The molecule has 0 spiro atoms. The van der Waals surface area contributed by atoms with Gasteiger partial charge in [0.15, 0.2) is 0 Å². The van der Waals surface area contributed by atoms with Crippen molar-refractivity contribution in [3.63, 3.8) is 0 Å². The first-order valence-electron chi connectivity index (χ1n) is 6.79. The van der Waals surface area contributed by atoms with E-state index in [1.165, 1.54) is 0 Å². The second kappa shape index (κ2) is 6.82. The van der Waals surface area contributed by atoms with E-state index in [0.717, 1.165) is 24.9 Å². The van der Waals surface area contributed by atoms with Gasteiger partial charge in [-0.05, 0) is 30.3 Å². The second-order valence-electron chi connectivity index (χ2n) is 5.03. The predicted octanol–water partition coefficient (Wildman–Crippen LogP) is 3.36. The van der Waals surface area contributed by atoms with Crippen LogP contribution in [-0.4, -0.2) is 22.7 Å². The van der Waals surface area contributed by atoms with Crippen LogP contribution in [0.15, 0.2) is 21.3 Å². The fourth-order valence-electron chi connectivity index (χ4n) is 1.91. The topological polar surface area (TPSA) is 51.0 Å². The molecule has 2 aromatic heterocycles. The Labute approximate surface area is 118 Å². The second-order valence-corrected chi connectivity index (χ2v) is 5.81. The molecule has 0 aliphatic carbocycles. The number of nitrogens with zero attached hydrogens (tertiary/aromatic N) is 2. The van der Waals surface area contributed by atoms with Crippen LogP contribution >= 0.6 is 11.3 Å². The van der Waals surface area contributed by atoms with Crippen LogP contribution in [-0.2, 0) is 6.42 Å². The van der Waals surface area contributed by atoms with Gasteiger partial charge in [0.25, 0.3) is 0 Å². The van der Waals surface area contributed by atoms with Crippen LogP contribution in [0.2, 0.25) is 0 Å². The number of aromatic nitrogens is 2. The summed E-state index contributed by atoms with van der Waals surface area (Å²) < 4.78 is 5.35. The van der Waals surface area contributed by atoms with Crippen LogP contribution in [0.4, 0.5) is 0 Å². The van der Waals surface area contributed by atoms with Gasteiger partial charge in [-0.3, -0.25) is 0 Å². The van der Waals surface area contributed by atoms with E-state index in [2.05, 4.69) is 36.2 Å². The molecule has 4 nitrogen and oxygen atoms in total. The third-order valence-corrected chi connectivity index (χ3v) is 3.79. The van der Waals surface area contributed by atoms with Crippen molar-refractivity contribution in [2.45, 2.75) is 39.7 Å². The zero-order chi connectivity index (χ0) is 13.7. The minimum atomic E-state index is 0.385. The fourth-order valence-corrected chi connectivity index (χ4v) is 2.54. The molecule has 19 heavy (non-hydrogen) atoms. The molecule has 0 amide bonds. The Morgan fingerprint density at radius 3 is 2.89 bits per heavy atom. The molecular weight excluding hydrogens is 258 g/mol. The maximum absolute atomic E-state index is 5.35. The van der Waals surface area contributed by atoms with Gasteiger partial charge in [-0.25, -0.2) is 0 Å². The summed E-state index contributed by atoms with van der Waals surface area (Å²) in [5, 5.41) is 11.6. The molecule has 1 unspecified atom stereocenters. The molecule has 0 radical (unpaired) electrons. The van der Waals surface area contributed by atoms with Crippen molar-refractivity contribution in [1.29, 1.82) is 0 Å². The molecule has 0 aliphatic heterocycles. The Morgan fingerprint density at radius 2 is 2.26 bits per heavy atom. The van der Waals surface area contributed by atoms with Gasteiger partial charge in [-0.1, -0.05) is 25.9 Å². The summed E-state index contributed by atoms with van der Waals surface area (Å²) in [6, 6.07) is 2.39. The van der Waals surface area contributed by atoms with Crippen molar-refractivity contribution >= 4 is 11.3 Å². The fraction of sp³-hybridized carbons (Fsp3) is 0.571. The van der Waals surface area contributed by atoms with Crippen molar-refractivity contribution in [3.05, 3.63) is 22.7 Å². The molecule has 1 N–H and O–H groups in total. The van der Waals surface area contributed by atoms with Gasteiger partial charge in [-0.2, -0.15) is 16.3 Å². The predicted molar refractivity (Wildman–Crippen MR) is 78.2 cm³/mol. The van der Waals surface area contributed by atoms with E-state index < -0.39 is 0 Å². The van der Waals surface area contributed by atoms with Crippen molar-refractivity contribution in [2.75, 3.05) is 6.54 Å². The number of hydrogen-bond acceptors (Lipinski definition) is 5. The Kier molecular flexibility index (Phi) is 5.10. The molecule has 5 heteroatoms. The number of thiophene rings is 1. The summed E-state index contributed by atoms with van der Waals surface area (Å²) >= 11 is 1.64. The van der Waals surface area contributed by atoms with E-state index in [1.54, 1.807) is 11.3 Å². The van der Waals surface area contributed by atoms with Gasteiger partial charge < -0.3 is 9.84 Å². The van der Waals surface area contributed by atoms with Gasteiger partial charge in [0.2, 0.25) is 11.7 Å². The zero-order valence-corrected chi connectivity index (χ0v) is 12.5. The zero-order valence-electron chi connectivity index (χ0n) is 11.7. The normalized spacial score (nSPS) is 13.1. The summed E-state index contributed by atoms with van der Waals surface area (Å²) in [4.78, 5) is 4.47. The standard InChI is InChI=1S/C14H21N3OS/c1-4-6-15-12(10(2)3)8-13-16-14(17-18-13)11-5-7-19-9-11/h5,7,9-10,12,15H,4,6,8H2,1-3H3. The molecule has 104 valence electrons. The number of rotatable bonds is 7. The molecule has 0 aliphatic rings. The molecule has 0 fully saturated rings. The summed E-state index contributed by atoms with van der Waals surface area (Å²) in [6.07, 6.45) is 1.92. The van der Waals surface area contributed by atoms with Crippen LogP contribution in [0.25, 0.3) is 11.4 Å². The summed E-state index contributed by atoms with van der Waals surface area (Å²) in [5.41, 5.74) is 1.03. The first kappa shape index (κ1) is 14.2. The first-order valence-corrected chi connectivity index (χ1v) is 7.73. The molecule has 0 saturated carbocycles. The highest BCUT2D eigenvalue weighted by Crippen LogP contribution is 2.19. The molecule has 2 heterocycles. The largest absolute Gasteiger partial charge is 0.339 e. The van der Waals surface area contributed by atoms with E-state index in [0.29, 0.717) is 23.7 Å². The van der Waals surface area contributed by atoms with Crippen LogP contribution < -0.4 is 5.32 Å². The highest BCUT2D eigenvalue weighted by atomic mass is 32.1. The number of nitrogens with one attached hydrogen (secondary N) is 1. The average Bonchev–Trinajstić information content (AvgIpc) is 3.04. The lowest BCUT2D eigenvalue weighted by Crippen LogP contribution is -2.36. The first-order chi connectivity index (χ1) is 9.20. The Morgan fingerprint density at radius 1 is 1.42 bits per heavy atom. The summed E-state index contributed by atoms with van der Waals surface area (Å²) in [7, 11) is 0. The maximum Gasteiger partial charge on any atom is 0.228 e. The van der Waals surface area contributed by atoms with E-state index in [-0.39, 0.29) is 0 Å². The molecular formula is C14H21N3OS. The summed E-state index contributed by atoms with van der Waals surface area (Å²) in [6.45, 7) is 7.62.